The molecular formula is C12H21N5. The van der Waals surface area contributed by atoms with E-state index in [1.807, 2.05) is 6.07 Å². The standard InChI is InChI=1S/C12H21N5/c1-8(2)5-6-17(9-3-4-9)11-7-10(13)15-12(14)16-11/h7-9H,3-6H2,1-2H3,(H4,13,14,15,16). The SMILES string of the molecule is CC(C)CCN(c1cc(N)nc(N)n1)C1CC1. The molecule has 5 heteroatoms. The van der Waals surface area contributed by atoms with Gasteiger partial charge in [-0.05, 0) is 25.2 Å². The number of rotatable bonds is 5. The van der Waals surface area contributed by atoms with E-state index in [9.17, 15) is 0 Å². The molecule has 0 atom stereocenters. The smallest absolute Gasteiger partial charge is 0.223 e. The van der Waals surface area contributed by atoms with Gasteiger partial charge in [-0.3, -0.25) is 0 Å². The van der Waals surface area contributed by atoms with Crippen LogP contribution >= 0.6 is 0 Å². The van der Waals surface area contributed by atoms with E-state index in [-0.39, 0.29) is 5.95 Å². The molecule has 0 aliphatic heterocycles. The third-order valence-electron chi connectivity index (χ3n) is 2.98. The van der Waals surface area contributed by atoms with Gasteiger partial charge in [-0.15, -0.1) is 0 Å². The van der Waals surface area contributed by atoms with Gasteiger partial charge >= 0.3 is 0 Å². The average Bonchev–Trinajstić information content (AvgIpc) is 3.00. The highest BCUT2D eigenvalue weighted by Crippen LogP contribution is 2.31. The normalized spacial score (nSPS) is 15.2. The number of nitrogen functional groups attached to an aromatic ring is 2. The molecule has 5 nitrogen and oxygen atoms in total. The molecular weight excluding hydrogens is 214 g/mol. The van der Waals surface area contributed by atoms with Crippen LogP contribution in [0.5, 0.6) is 0 Å². The fourth-order valence-corrected chi connectivity index (χ4v) is 1.89. The molecule has 94 valence electrons. The van der Waals surface area contributed by atoms with Gasteiger partial charge in [0, 0.05) is 18.7 Å². The van der Waals surface area contributed by atoms with Gasteiger partial charge in [-0.1, -0.05) is 13.8 Å². The van der Waals surface area contributed by atoms with Crippen molar-refractivity contribution in [2.45, 2.75) is 39.2 Å². The summed E-state index contributed by atoms with van der Waals surface area (Å²) in [6.45, 7) is 5.47. The maximum atomic E-state index is 5.72. The van der Waals surface area contributed by atoms with Crippen molar-refractivity contribution >= 4 is 17.6 Å². The molecule has 0 spiro atoms. The van der Waals surface area contributed by atoms with E-state index in [0.29, 0.717) is 17.8 Å². The van der Waals surface area contributed by atoms with Gasteiger partial charge in [-0.25, -0.2) is 0 Å². The van der Waals surface area contributed by atoms with Crippen LogP contribution in [0.3, 0.4) is 0 Å². The Bertz CT molecular complexity index is 366. The molecule has 0 aromatic carbocycles. The van der Waals surface area contributed by atoms with Crippen molar-refractivity contribution in [2.75, 3.05) is 22.9 Å². The molecule has 1 saturated carbocycles. The van der Waals surface area contributed by atoms with Gasteiger partial charge in [-0.2, -0.15) is 9.97 Å². The molecule has 1 aromatic heterocycles. The lowest BCUT2D eigenvalue weighted by molar-refractivity contribution is 0.568. The second-order valence-electron chi connectivity index (χ2n) is 5.12. The van der Waals surface area contributed by atoms with Crippen molar-refractivity contribution in [3.8, 4) is 0 Å². The highest BCUT2D eigenvalue weighted by Gasteiger charge is 2.30. The van der Waals surface area contributed by atoms with Gasteiger partial charge in [0.1, 0.15) is 11.6 Å². The van der Waals surface area contributed by atoms with E-state index in [1.165, 1.54) is 12.8 Å². The molecule has 1 aliphatic carbocycles. The van der Waals surface area contributed by atoms with Crippen LogP contribution in [-0.4, -0.2) is 22.6 Å². The first-order valence-corrected chi connectivity index (χ1v) is 6.23. The summed E-state index contributed by atoms with van der Waals surface area (Å²) in [7, 11) is 0. The Morgan fingerprint density at radius 1 is 1.35 bits per heavy atom. The van der Waals surface area contributed by atoms with E-state index in [4.69, 9.17) is 11.5 Å². The fraction of sp³-hybridized carbons (Fsp3) is 0.667. The molecule has 1 aliphatic rings. The minimum absolute atomic E-state index is 0.259. The zero-order chi connectivity index (χ0) is 12.4. The summed E-state index contributed by atoms with van der Waals surface area (Å²) >= 11 is 0. The second kappa shape index (κ2) is 4.77. The van der Waals surface area contributed by atoms with Crippen LogP contribution in [-0.2, 0) is 0 Å². The maximum absolute atomic E-state index is 5.72. The summed E-state index contributed by atoms with van der Waals surface area (Å²) in [5, 5.41) is 0. The summed E-state index contributed by atoms with van der Waals surface area (Å²) in [6.07, 6.45) is 3.63. The molecule has 0 radical (unpaired) electrons. The topological polar surface area (TPSA) is 81.1 Å². The van der Waals surface area contributed by atoms with E-state index < -0.39 is 0 Å². The molecule has 0 amide bonds. The first-order valence-electron chi connectivity index (χ1n) is 6.23. The molecule has 0 bridgehead atoms. The van der Waals surface area contributed by atoms with Crippen molar-refractivity contribution in [3.63, 3.8) is 0 Å². The molecule has 4 N–H and O–H groups in total. The zero-order valence-corrected chi connectivity index (χ0v) is 10.6. The molecule has 1 aromatic rings. The Morgan fingerprint density at radius 3 is 2.59 bits per heavy atom. The fourth-order valence-electron chi connectivity index (χ4n) is 1.89. The summed E-state index contributed by atoms with van der Waals surface area (Å²) in [6, 6.07) is 2.43. The van der Waals surface area contributed by atoms with Crippen molar-refractivity contribution < 1.29 is 0 Å². The van der Waals surface area contributed by atoms with Gasteiger partial charge < -0.3 is 16.4 Å². The van der Waals surface area contributed by atoms with Gasteiger partial charge in [0.25, 0.3) is 0 Å². The zero-order valence-electron chi connectivity index (χ0n) is 10.6. The predicted molar refractivity (Wildman–Crippen MR) is 70.7 cm³/mol. The second-order valence-corrected chi connectivity index (χ2v) is 5.12. The predicted octanol–water partition coefficient (Wildman–Crippen LogP) is 1.66. The molecule has 1 fully saturated rings. The van der Waals surface area contributed by atoms with Crippen molar-refractivity contribution in [1.82, 2.24) is 9.97 Å². The number of hydrogen-bond donors (Lipinski definition) is 2. The Morgan fingerprint density at radius 2 is 2.06 bits per heavy atom. The first kappa shape index (κ1) is 12.0. The minimum atomic E-state index is 0.259. The van der Waals surface area contributed by atoms with Crippen LogP contribution < -0.4 is 16.4 Å². The van der Waals surface area contributed by atoms with E-state index in [1.54, 1.807) is 0 Å². The van der Waals surface area contributed by atoms with E-state index in [2.05, 4.69) is 28.7 Å². The Labute approximate surface area is 102 Å². The minimum Gasteiger partial charge on any atom is -0.383 e. The summed E-state index contributed by atoms with van der Waals surface area (Å²) in [5.41, 5.74) is 11.4. The Kier molecular flexibility index (Phi) is 3.36. The summed E-state index contributed by atoms with van der Waals surface area (Å²) in [5.74, 6) is 2.27. The average molecular weight is 235 g/mol. The van der Waals surface area contributed by atoms with Crippen molar-refractivity contribution in [1.29, 1.82) is 0 Å². The quantitative estimate of drug-likeness (QED) is 0.811. The van der Waals surface area contributed by atoms with Crippen LogP contribution in [0.1, 0.15) is 33.1 Å². The van der Waals surface area contributed by atoms with Crippen LogP contribution in [0.25, 0.3) is 0 Å². The van der Waals surface area contributed by atoms with Crippen LogP contribution in [0.2, 0.25) is 0 Å². The number of nitrogens with two attached hydrogens (primary N) is 2. The Balaban J connectivity index is 2.14. The lowest BCUT2D eigenvalue weighted by atomic mass is 10.1. The van der Waals surface area contributed by atoms with E-state index in [0.717, 1.165) is 18.8 Å². The highest BCUT2D eigenvalue weighted by atomic mass is 15.3. The van der Waals surface area contributed by atoms with Crippen LogP contribution in [0, 0.1) is 5.92 Å². The molecule has 17 heavy (non-hydrogen) atoms. The Hall–Kier alpha value is -1.52. The molecule has 0 unspecified atom stereocenters. The first-order chi connectivity index (χ1) is 8.06. The molecule has 2 rings (SSSR count). The van der Waals surface area contributed by atoms with Crippen molar-refractivity contribution in [2.24, 2.45) is 5.92 Å². The number of hydrogen-bond acceptors (Lipinski definition) is 5. The van der Waals surface area contributed by atoms with E-state index >= 15 is 0 Å². The van der Waals surface area contributed by atoms with Gasteiger partial charge in [0.05, 0.1) is 0 Å². The summed E-state index contributed by atoms with van der Waals surface area (Å²) in [4.78, 5) is 10.5. The third kappa shape index (κ3) is 3.22. The maximum Gasteiger partial charge on any atom is 0.223 e. The number of nitrogens with zero attached hydrogens (tertiary/aromatic N) is 3. The lowest BCUT2D eigenvalue weighted by Crippen LogP contribution is -2.29. The van der Waals surface area contributed by atoms with Crippen LogP contribution in [0.4, 0.5) is 17.6 Å². The number of aromatic nitrogens is 2. The third-order valence-corrected chi connectivity index (χ3v) is 2.98. The lowest BCUT2D eigenvalue weighted by Gasteiger charge is -2.24. The molecule has 1 heterocycles. The van der Waals surface area contributed by atoms with Gasteiger partial charge in [0.2, 0.25) is 5.95 Å². The highest BCUT2D eigenvalue weighted by molar-refractivity contribution is 5.51. The summed E-state index contributed by atoms with van der Waals surface area (Å²) < 4.78 is 0. The monoisotopic (exact) mass is 235 g/mol. The number of anilines is 3. The van der Waals surface area contributed by atoms with Gasteiger partial charge in [0.15, 0.2) is 0 Å². The largest absolute Gasteiger partial charge is 0.383 e. The van der Waals surface area contributed by atoms with Crippen molar-refractivity contribution in [3.05, 3.63) is 6.07 Å². The van der Waals surface area contributed by atoms with Crippen LogP contribution in [0.15, 0.2) is 6.07 Å². The molecule has 0 saturated heterocycles.